The maximum atomic E-state index is 11.5. The van der Waals surface area contributed by atoms with Crippen molar-refractivity contribution in [1.29, 1.82) is 0 Å². The van der Waals surface area contributed by atoms with Crippen LogP contribution < -0.4 is 17.2 Å². The molecule has 0 atom stereocenters. The van der Waals surface area contributed by atoms with E-state index in [9.17, 15) is 19.2 Å². The smallest absolute Gasteiger partial charge is 0.333 e. The molecule has 0 unspecified atom stereocenters. The molecule has 0 aromatic rings. The van der Waals surface area contributed by atoms with Gasteiger partial charge >= 0.3 is 11.9 Å². The van der Waals surface area contributed by atoms with E-state index in [1.165, 1.54) is 62.7 Å². The van der Waals surface area contributed by atoms with Crippen molar-refractivity contribution in [2.24, 2.45) is 17.2 Å². The molecule has 6 N–H and O–H groups in total. The predicted octanol–water partition coefficient (Wildman–Crippen LogP) is 5.60. The van der Waals surface area contributed by atoms with E-state index in [0.29, 0.717) is 11.5 Å². The molecule has 46 heavy (non-hydrogen) atoms. The summed E-state index contributed by atoms with van der Waals surface area (Å²) >= 11 is 0. The Hall–Kier alpha value is -4.12. The highest BCUT2D eigenvalue weighted by Gasteiger charge is 2.32. The highest BCUT2D eigenvalue weighted by molar-refractivity contribution is 6.01. The van der Waals surface area contributed by atoms with Gasteiger partial charge in [-0.05, 0) is 67.6 Å². The molecule has 0 spiro atoms. The zero-order valence-corrected chi connectivity index (χ0v) is 28.6. The Kier molecular flexibility index (Phi) is 28.3. The Balaban J connectivity index is 0. The third-order valence-electron chi connectivity index (χ3n) is 6.14. The van der Waals surface area contributed by atoms with Gasteiger partial charge in [-0.15, -0.1) is 5.06 Å². The molecule has 0 bridgehead atoms. The van der Waals surface area contributed by atoms with Gasteiger partial charge in [0, 0.05) is 19.3 Å². The van der Waals surface area contributed by atoms with Crippen molar-refractivity contribution in [2.75, 3.05) is 27.7 Å². The summed E-state index contributed by atoms with van der Waals surface area (Å²) in [5.74, 6) is -2.40. The van der Waals surface area contributed by atoms with E-state index in [-0.39, 0.29) is 32.3 Å². The second-order valence-electron chi connectivity index (χ2n) is 9.91. The molecule has 4 aliphatic carbocycles. The van der Waals surface area contributed by atoms with Crippen molar-refractivity contribution in [3.05, 3.63) is 95.2 Å². The fraction of sp³-hybridized carbons (Fsp3) is 0.444. The van der Waals surface area contributed by atoms with E-state index in [1.807, 2.05) is 18.2 Å². The van der Waals surface area contributed by atoms with E-state index in [0.717, 1.165) is 6.42 Å². The highest BCUT2D eigenvalue weighted by atomic mass is 16.7. The Morgan fingerprint density at radius 3 is 1.35 bits per heavy atom. The lowest BCUT2D eigenvalue weighted by Crippen LogP contribution is -2.32. The van der Waals surface area contributed by atoms with Crippen molar-refractivity contribution in [3.63, 3.8) is 0 Å². The molecule has 0 aromatic carbocycles. The minimum Gasteiger partial charge on any atom is -0.465 e. The van der Waals surface area contributed by atoms with Crippen molar-refractivity contribution in [3.8, 4) is 0 Å². The van der Waals surface area contributed by atoms with Gasteiger partial charge in [-0.3, -0.25) is 14.4 Å². The molecule has 0 radical (unpaired) electrons. The van der Waals surface area contributed by atoms with Crippen LogP contribution in [-0.2, 0) is 28.8 Å². The normalized spacial score (nSPS) is 15.7. The summed E-state index contributed by atoms with van der Waals surface area (Å²) < 4.78 is 5.00. The number of hydrogen-bond acceptors (Lipinski definition) is 9. The number of allylic oxidation sites excluding steroid dienone is 15. The number of carbonyl (C=O) groups excluding carboxylic acids is 4. The van der Waals surface area contributed by atoms with Crippen LogP contribution in [0.25, 0.3) is 0 Å². The topological polar surface area (TPSA) is 168 Å². The number of nitrogens with two attached hydrogens (primary N) is 3. The van der Waals surface area contributed by atoms with Gasteiger partial charge in [0.05, 0.1) is 19.4 Å². The monoisotopic (exact) mass is 640 g/mol. The van der Waals surface area contributed by atoms with Crippen LogP contribution in [-0.4, -0.2) is 56.6 Å². The summed E-state index contributed by atoms with van der Waals surface area (Å²) in [5.41, 5.74) is 19.1. The van der Waals surface area contributed by atoms with E-state index in [1.54, 1.807) is 0 Å². The van der Waals surface area contributed by atoms with Gasteiger partial charge in [-0.2, -0.15) is 0 Å². The summed E-state index contributed by atoms with van der Waals surface area (Å²) in [5, 5.41) is 0.466. The molecule has 2 amide bonds. The Labute approximate surface area is 276 Å². The molecular formula is C36H56N4O6. The maximum absolute atomic E-state index is 11.5. The molecular weight excluding hydrogens is 584 g/mol. The lowest BCUT2D eigenvalue weighted by molar-refractivity contribution is -0.197. The number of esters is 1. The molecule has 5 rings (SSSR count). The standard InChI is InChI=1S/C15H17NO6.3C6H8.3CH5N/c17-12-5-6-13(18)16(12)22-15(20)8-7-14(19)21-10-9-11-3-1-2-4-11;3*1-6-4-2-3-5-6;3*1-2/h1-3H,4-10H2;3*2-4H,5H2,1H3;3*2H2,1H3. The Morgan fingerprint density at radius 2 is 1.02 bits per heavy atom. The zero-order chi connectivity index (χ0) is 35.2. The van der Waals surface area contributed by atoms with Gasteiger partial charge in [0.15, 0.2) is 0 Å². The number of carbonyl (C=O) groups is 4. The van der Waals surface area contributed by atoms with Crippen LogP contribution in [0.5, 0.6) is 0 Å². The molecule has 256 valence electrons. The predicted molar refractivity (Wildman–Crippen MR) is 187 cm³/mol. The Morgan fingerprint density at radius 1 is 0.630 bits per heavy atom. The van der Waals surface area contributed by atoms with E-state index in [4.69, 9.17) is 4.74 Å². The first-order valence-corrected chi connectivity index (χ1v) is 15.5. The third kappa shape index (κ3) is 22.4. The molecule has 5 aliphatic rings. The third-order valence-corrected chi connectivity index (χ3v) is 6.14. The number of imide groups is 1. The minimum absolute atomic E-state index is 0.0405. The fourth-order valence-corrected chi connectivity index (χ4v) is 3.72. The van der Waals surface area contributed by atoms with Gasteiger partial charge < -0.3 is 26.8 Å². The van der Waals surface area contributed by atoms with Crippen LogP contribution in [0.1, 0.15) is 78.6 Å². The molecule has 1 heterocycles. The zero-order valence-electron chi connectivity index (χ0n) is 28.6. The molecule has 10 nitrogen and oxygen atoms in total. The van der Waals surface area contributed by atoms with Gasteiger partial charge in [0.1, 0.15) is 0 Å². The lowest BCUT2D eigenvalue weighted by Gasteiger charge is -2.12. The SMILES string of the molecule is CC1=CC=CC1.CC1=CC=CC1.CC1=CC=CC1.CN.CN.CN.O=C(CCC(=O)ON1C(=O)CCC1=O)OCCC1=CC=CC1. The number of rotatable bonds is 7. The van der Waals surface area contributed by atoms with Crippen molar-refractivity contribution in [2.45, 2.75) is 78.6 Å². The first-order valence-electron chi connectivity index (χ1n) is 15.5. The van der Waals surface area contributed by atoms with E-state index >= 15 is 0 Å². The first-order chi connectivity index (χ1) is 22.2. The van der Waals surface area contributed by atoms with Crippen LogP contribution in [0.3, 0.4) is 0 Å². The number of nitrogens with zero attached hydrogens (tertiary/aromatic N) is 1. The molecule has 0 saturated carbocycles. The fourth-order valence-electron chi connectivity index (χ4n) is 3.72. The molecule has 1 saturated heterocycles. The molecule has 1 aliphatic heterocycles. The largest absolute Gasteiger partial charge is 0.465 e. The Bertz CT molecular complexity index is 1090. The van der Waals surface area contributed by atoms with Crippen molar-refractivity contribution >= 4 is 23.8 Å². The van der Waals surface area contributed by atoms with Crippen LogP contribution in [0.2, 0.25) is 0 Å². The molecule has 10 heteroatoms. The quantitative estimate of drug-likeness (QED) is 0.237. The summed E-state index contributed by atoms with van der Waals surface area (Å²) in [4.78, 5) is 50.1. The number of ether oxygens (including phenoxy) is 1. The molecule has 0 aromatic heterocycles. The van der Waals surface area contributed by atoms with Crippen LogP contribution >= 0.6 is 0 Å². The summed E-state index contributed by atoms with van der Waals surface area (Å²) in [6.45, 7) is 6.69. The first kappa shape index (κ1) is 44.0. The maximum Gasteiger partial charge on any atom is 0.333 e. The van der Waals surface area contributed by atoms with E-state index < -0.39 is 23.8 Å². The average molecular weight is 641 g/mol. The van der Waals surface area contributed by atoms with Crippen LogP contribution in [0.4, 0.5) is 0 Å². The van der Waals surface area contributed by atoms with Crippen molar-refractivity contribution < 1.29 is 28.8 Å². The van der Waals surface area contributed by atoms with Crippen molar-refractivity contribution in [1.82, 2.24) is 5.06 Å². The summed E-state index contributed by atoms with van der Waals surface area (Å²) in [6, 6.07) is 0. The average Bonchev–Trinajstić information content (AvgIpc) is 3.94. The summed E-state index contributed by atoms with van der Waals surface area (Å²) in [6.07, 6.45) is 29.9. The van der Waals surface area contributed by atoms with Gasteiger partial charge in [-0.25, -0.2) is 4.79 Å². The van der Waals surface area contributed by atoms with Crippen LogP contribution in [0, 0.1) is 0 Å². The minimum atomic E-state index is -0.803. The number of hydroxylamine groups is 2. The second kappa shape index (κ2) is 29.6. The molecule has 1 fully saturated rings. The van der Waals surface area contributed by atoms with Gasteiger partial charge in [0.2, 0.25) is 0 Å². The second-order valence-corrected chi connectivity index (χ2v) is 9.91. The number of amides is 2. The van der Waals surface area contributed by atoms with E-state index in [2.05, 4.69) is 97.5 Å². The van der Waals surface area contributed by atoms with Crippen LogP contribution in [0.15, 0.2) is 95.2 Å². The van der Waals surface area contributed by atoms with Gasteiger partial charge in [-0.1, -0.05) is 95.2 Å². The number of hydrogen-bond donors (Lipinski definition) is 3. The lowest BCUT2D eigenvalue weighted by atomic mass is 10.2. The summed E-state index contributed by atoms with van der Waals surface area (Å²) in [7, 11) is 4.50. The highest BCUT2D eigenvalue weighted by Crippen LogP contribution is 2.15. The van der Waals surface area contributed by atoms with Gasteiger partial charge in [0.25, 0.3) is 11.8 Å².